The van der Waals surface area contributed by atoms with Crippen molar-refractivity contribution in [2.45, 2.75) is 6.61 Å². The third-order valence-electron chi connectivity index (χ3n) is 2.57. The summed E-state index contributed by atoms with van der Waals surface area (Å²) in [5, 5.41) is 0. The molecule has 0 saturated carbocycles. The molecule has 0 unspecified atom stereocenters. The Hall–Kier alpha value is -2.58. The number of aliphatic imine (C=N–C) groups is 1. The lowest BCUT2D eigenvalue weighted by atomic mass is 10.2. The zero-order valence-corrected chi connectivity index (χ0v) is 10.5. The van der Waals surface area contributed by atoms with Gasteiger partial charge in [-0.15, -0.1) is 0 Å². The van der Waals surface area contributed by atoms with Crippen molar-refractivity contribution in [3.8, 4) is 11.5 Å². The highest BCUT2D eigenvalue weighted by Crippen LogP contribution is 2.26. The van der Waals surface area contributed by atoms with E-state index in [1.807, 2.05) is 36.4 Å². The maximum absolute atomic E-state index is 10.1. The fourth-order valence-corrected chi connectivity index (χ4v) is 1.62. The van der Waals surface area contributed by atoms with E-state index in [9.17, 15) is 4.79 Å². The van der Waals surface area contributed by atoms with Gasteiger partial charge in [0.2, 0.25) is 6.08 Å². The van der Waals surface area contributed by atoms with E-state index in [4.69, 9.17) is 9.47 Å². The Morgan fingerprint density at radius 1 is 1.05 bits per heavy atom. The van der Waals surface area contributed by atoms with Crippen LogP contribution in [0.3, 0.4) is 0 Å². The van der Waals surface area contributed by atoms with E-state index in [0.717, 1.165) is 5.56 Å². The lowest BCUT2D eigenvalue weighted by molar-refractivity contribution is 0.284. The molecule has 96 valence electrons. The molecular formula is C15H13NO3. The predicted octanol–water partition coefficient (Wildman–Crippen LogP) is 3.24. The topological polar surface area (TPSA) is 47.9 Å². The van der Waals surface area contributed by atoms with Gasteiger partial charge in [-0.3, -0.25) is 0 Å². The Bertz CT molecular complexity index is 587. The molecule has 0 atom stereocenters. The SMILES string of the molecule is COc1ccccc1OCc1ccc(N=C=O)cc1. The summed E-state index contributed by atoms with van der Waals surface area (Å²) >= 11 is 0. The normalized spacial score (nSPS) is 9.53. The quantitative estimate of drug-likeness (QED) is 0.608. The van der Waals surface area contributed by atoms with Gasteiger partial charge in [0, 0.05) is 0 Å². The summed E-state index contributed by atoms with van der Waals surface area (Å²) in [5.74, 6) is 1.39. The summed E-state index contributed by atoms with van der Waals surface area (Å²) in [6, 6.07) is 14.7. The number of nitrogens with zero attached hydrogens (tertiary/aromatic N) is 1. The molecule has 0 fully saturated rings. The number of para-hydroxylation sites is 2. The molecule has 0 aliphatic heterocycles. The van der Waals surface area contributed by atoms with E-state index in [2.05, 4.69) is 4.99 Å². The molecule has 2 aromatic rings. The van der Waals surface area contributed by atoms with Gasteiger partial charge in [-0.25, -0.2) is 4.79 Å². The Balaban J connectivity index is 2.04. The van der Waals surface area contributed by atoms with Crippen LogP contribution in [0.4, 0.5) is 5.69 Å². The van der Waals surface area contributed by atoms with Crippen molar-refractivity contribution >= 4 is 11.8 Å². The minimum Gasteiger partial charge on any atom is -0.493 e. The molecule has 0 heterocycles. The van der Waals surface area contributed by atoms with Crippen LogP contribution in [0.5, 0.6) is 11.5 Å². The molecule has 0 radical (unpaired) electrons. The molecule has 19 heavy (non-hydrogen) atoms. The fourth-order valence-electron chi connectivity index (χ4n) is 1.62. The van der Waals surface area contributed by atoms with Crippen LogP contribution in [0, 0.1) is 0 Å². The van der Waals surface area contributed by atoms with E-state index < -0.39 is 0 Å². The number of methoxy groups -OCH3 is 1. The van der Waals surface area contributed by atoms with E-state index >= 15 is 0 Å². The smallest absolute Gasteiger partial charge is 0.240 e. The van der Waals surface area contributed by atoms with Crippen LogP contribution in [0.15, 0.2) is 53.5 Å². The average molecular weight is 255 g/mol. The number of carbonyl (C=O) groups excluding carboxylic acids is 1. The summed E-state index contributed by atoms with van der Waals surface area (Å²) in [6.07, 6.45) is 1.50. The number of hydrogen-bond donors (Lipinski definition) is 0. The number of benzene rings is 2. The van der Waals surface area contributed by atoms with Crippen LogP contribution in [0.1, 0.15) is 5.56 Å². The third kappa shape index (κ3) is 3.44. The van der Waals surface area contributed by atoms with Crippen molar-refractivity contribution in [1.29, 1.82) is 0 Å². The molecule has 0 amide bonds. The van der Waals surface area contributed by atoms with Crippen LogP contribution in [0.2, 0.25) is 0 Å². The van der Waals surface area contributed by atoms with E-state index in [1.165, 1.54) is 6.08 Å². The van der Waals surface area contributed by atoms with Gasteiger partial charge in [-0.05, 0) is 29.8 Å². The maximum Gasteiger partial charge on any atom is 0.240 e. The van der Waals surface area contributed by atoms with Crippen molar-refractivity contribution in [2.75, 3.05) is 7.11 Å². The van der Waals surface area contributed by atoms with Crippen molar-refractivity contribution in [2.24, 2.45) is 4.99 Å². The molecule has 0 aliphatic carbocycles. The Kier molecular flexibility index (Phi) is 4.32. The lowest BCUT2D eigenvalue weighted by Crippen LogP contribution is -1.97. The highest BCUT2D eigenvalue weighted by molar-refractivity contribution is 5.49. The van der Waals surface area contributed by atoms with Crippen LogP contribution < -0.4 is 9.47 Å². The molecular weight excluding hydrogens is 242 g/mol. The molecule has 0 bridgehead atoms. The number of ether oxygens (including phenoxy) is 2. The largest absolute Gasteiger partial charge is 0.493 e. The molecule has 0 spiro atoms. The van der Waals surface area contributed by atoms with E-state index in [-0.39, 0.29) is 0 Å². The lowest BCUT2D eigenvalue weighted by Gasteiger charge is -2.10. The summed E-state index contributed by atoms with van der Waals surface area (Å²) in [5.41, 5.74) is 1.56. The van der Waals surface area contributed by atoms with Gasteiger partial charge in [0.05, 0.1) is 12.8 Å². The van der Waals surface area contributed by atoms with Crippen LogP contribution in [0.25, 0.3) is 0 Å². The van der Waals surface area contributed by atoms with Gasteiger partial charge in [-0.1, -0.05) is 24.3 Å². The molecule has 0 saturated heterocycles. The number of rotatable bonds is 5. The minimum atomic E-state index is 0.422. The predicted molar refractivity (Wildman–Crippen MR) is 71.5 cm³/mol. The van der Waals surface area contributed by atoms with Crippen LogP contribution in [-0.2, 0) is 11.4 Å². The molecule has 2 rings (SSSR count). The number of hydrogen-bond acceptors (Lipinski definition) is 4. The second-order valence-electron chi connectivity index (χ2n) is 3.81. The summed E-state index contributed by atoms with van der Waals surface area (Å²) in [7, 11) is 1.61. The van der Waals surface area contributed by atoms with Gasteiger partial charge in [0.1, 0.15) is 6.61 Å². The first kappa shape index (κ1) is 12.9. The Labute approximate surface area is 111 Å². The van der Waals surface area contributed by atoms with E-state index in [1.54, 1.807) is 19.2 Å². The van der Waals surface area contributed by atoms with Crippen molar-refractivity contribution in [3.63, 3.8) is 0 Å². The standard InChI is InChI=1S/C15H13NO3/c1-18-14-4-2-3-5-15(14)19-10-12-6-8-13(9-7-12)16-11-17/h2-9H,10H2,1H3. The zero-order chi connectivity index (χ0) is 13.5. The molecule has 0 N–H and O–H groups in total. The van der Waals surface area contributed by atoms with Crippen LogP contribution in [-0.4, -0.2) is 13.2 Å². The molecule has 0 aliphatic rings. The summed E-state index contributed by atoms with van der Waals surface area (Å²) < 4.78 is 10.9. The monoisotopic (exact) mass is 255 g/mol. The second-order valence-corrected chi connectivity index (χ2v) is 3.81. The first-order chi connectivity index (χ1) is 9.33. The van der Waals surface area contributed by atoms with Gasteiger partial charge in [-0.2, -0.15) is 4.99 Å². The van der Waals surface area contributed by atoms with Gasteiger partial charge >= 0.3 is 0 Å². The minimum absolute atomic E-state index is 0.422. The first-order valence-electron chi connectivity index (χ1n) is 5.76. The molecule has 0 aromatic heterocycles. The van der Waals surface area contributed by atoms with Gasteiger partial charge < -0.3 is 9.47 Å². The first-order valence-corrected chi connectivity index (χ1v) is 5.76. The summed E-state index contributed by atoms with van der Waals surface area (Å²) in [6.45, 7) is 0.422. The molecule has 2 aromatic carbocycles. The number of isocyanates is 1. The zero-order valence-electron chi connectivity index (χ0n) is 10.5. The molecule has 4 nitrogen and oxygen atoms in total. The molecule has 4 heteroatoms. The third-order valence-corrected chi connectivity index (χ3v) is 2.57. The Morgan fingerprint density at radius 2 is 1.74 bits per heavy atom. The highest BCUT2D eigenvalue weighted by Gasteiger charge is 2.02. The van der Waals surface area contributed by atoms with Crippen LogP contribution >= 0.6 is 0 Å². The summed E-state index contributed by atoms with van der Waals surface area (Å²) in [4.78, 5) is 13.6. The maximum atomic E-state index is 10.1. The van der Waals surface area contributed by atoms with Crippen molar-refractivity contribution in [3.05, 3.63) is 54.1 Å². The Morgan fingerprint density at radius 3 is 2.37 bits per heavy atom. The van der Waals surface area contributed by atoms with E-state index in [0.29, 0.717) is 23.8 Å². The van der Waals surface area contributed by atoms with Gasteiger partial charge in [0.25, 0.3) is 0 Å². The average Bonchev–Trinajstić information content (AvgIpc) is 2.47. The van der Waals surface area contributed by atoms with Crippen molar-refractivity contribution in [1.82, 2.24) is 0 Å². The second kappa shape index (κ2) is 6.38. The highest BCUT2D eigenvalue weighted by atomic mass is 16.5. The fraction of sp³-hybridized carbons (Fsp3) is 0.133. The van der Waals surface area contributed by atoms with Gasteiger partial charge in [0.15, 0.2) is 11.5 Å². The van der Waals surface area contributed by atoms with Crippen molar-refractivity contribution < 1.29 is 14.3 Å².